The van der Waals surface area contributed by atoms with Crippen molar-refractivity contribution >= 4 is 27.3 Å². The number of rotatable bonds is 3. The second-order valence-corrected chi connectivity index (χ2v) is 3.34. The van der Waals surface area contributed by atoms with Crippen molar-refractivity contribution in [2.24, 2.45) is 0 Å². The third-order valence-electron chi connectivity index (χ3n) is 0.989. The summed E-state index contributed by atoms with van der Waals surface area (Å²) in [5.41, 5.74) is 0. The van der Waals surface area contributed by atoms with Crippen LogP contribution in [0.2, 0.25) is 0 Å². The molecule has 0 aromatic carbocycles. The van der Waals surface area contributed by atoms with Crippen LogP contribution in [0.5, 0.6) is 0 Å². The first kappa shape index (κ1) is 9.34. The molecule has 0 bridgehead atoms. The molecule has 0 aliphatic rings. The van der Waals surface area contributed by atoms with E-state index in [1.807, 2.05) is 15.7 Å². The highest BCUT2D eigenvalue weighted by Crippen LogP contribution is 2.13. The zero-order valence-electron chi connectivity index (χ0n) is 6.27. The molecule has 52 valence electrons. The van der Waals surface area contributed by atoms with Crippen LogP contribution in [-0.4, -0.2) is 40.9 Å². The van der Waals surface area contributed by atoms with Crippen LogP contribution in [0, 0.1) is 0 Å². The van der Waals surface area contributed by atoms with E-state index in [9.17, 15) is 0 Å². The summed E-state index contributed by atoms with van der Waals surface area (Å²) in [4.78, 5) is 0. The van der Waals surface area contributed by atoms with Gasteiger partial charge in [0.05, 0.1) is 0 Å². The summed E-state index contributed by atoms with van der Waals surface area (Å²) in [5.74, 6) is 0. The third-order valence-corrected chi connectivity index (χ3v) is 1.17. The molecule has 0 aromatic heterocycles. The standard InChI is InChI=1S/C4H11B2ClO2/c1-8-3(9-2)4(5,6)7/h3H,5-6H2,1-2H3. The van der Waals surface area contributed by atoms with E-state index < -0.39 is 4.67 Å². The Morgan fingerprint density at radius 2 is 1.67 bits per heavy atom. The number of alkyl halides is 1. The number of halogens is 1. The summed E-state index contributed by atoms with van der Waals surface area (Å²) in [7, 11) is 6.81. The second kappa shape index (κ2) is 3.49. The van der Waals surface area contributed by atoms with Crippen LogP contribution in [0.3, 0.4) is 0 Å². The van der Waals surface area contributed by atoms with Gasteiger partial charge < -0.3 is 9.47 Å². The molecule has 9 heavy (non-hydrogen) atoms. The average Bonchev–Trinajstić information content (AvgIpc) is 1.65. The molecular formula is C4H11B2ClO2. The largest absolute Gasteiger partial charge is 0.356 e. The van der Waals surface area contributed by atoms with Gasteiger partial charge in [-0.2, -0.15) is 0 Å². The number of hydrogen-bond acceptors (Lipinski definition) is 2. The van der Waals surface area contributed by atoms with Gasteiger partial charge in [0, 0.05) is 18.9 Å². The van der Waals surface area contributed by atoms with Gasteiger partial charge in [0.25, 0.3) is 0 Å². The zero-order chi connectivity index (χ0) is 7.49. The molecule has 0 heterocycles. The molecule has 2 nitrogen and oxygen atoms in total. The lowest BCUT2D eigenvalue weighted by Gasteiger charge is -2.25. The van der Waals surface area contributed by atoms with Crippen molar-refractivity contribution in [1.82, 2.24) is 0 Å². The molecule has 0 N–H and O–H groups in total. The van der Waals surface area contributed by atoms with Crippen LogP contribution in [0.15, 0.2) is 0 Å². The molecule has 0 saturated carbocycles. The molecule has 0 aliphatic heterocycles. The Balaban J connectivity index is 3.79. The molecule has 0 fully saturated rings. The molecule has 0 rings (SSSR count). The van der Waals surface area contributed by atoms with Gasteiger partial charge in [-0.25, -0.2) is 0 Å². The van der Waals surface area contributed by atoms with Crippen LogP contribution < -0.4 is 0 Å². The lowest BCUT2D eigenvalue weighted by atomic mass is 9.69. The van der Waals surface area contributed by atoms with Crippen LogP contribution in [0.25, 0.3) is 0 Å². The maximum Gasteiger partial charge on any atom is 0.161 e. The van der Waals surface area contributed by atoms with Crippen LogP contribution >= 0.6 is 11.6 Å². The lowest BCUT2D eigenvalue weighted by molar-refractivity contribution is -0.0983. The Labute approximate surface area is 62.7 Å². The summed E-state index contributed by atoms with van der Waals surface area (Å²) in [6.45, 7) is 0. The van der Waals surface area contributed by atoms with E-state index in [0.29, 0.717) is 0 Å². The fraction of sp³-hybridized carbons (Fsp3) is 1.00. The third kappa shape index (κ3) is 3.14. The van der Waals surface area contributed by atoms with Crippen LogP contribution in [0.1, 0.15) is 0 Å². The average molecular weight is 148 g/mol. The Morgan fingerprint density at radius 3 is 1.67 bits per heavy atom. The molecule has 0 saturated heterocycles. The van der Waals surface area contributed by atoms with Crippen molar-refractivity contribution in [1.29, 1.82) is 0 Å². The van der Waals surface area contributed by atoms with E-state index >= 15 is 0 Å². The van der Waals surface area contributed by atoms with E-state index in [-0.39, 0.29) is 6.29 Å². The summed E-state index contributed by atoms with van der Waals surface area (Å²) in [5, 5.41) is 0. The predicted octanol–water partition coefficient (Wildman–Crippen LogP) is -1.24. The van der Waals surface area contributed by atoms with E-state index in [0.717, 1.165) is 0 Å². The van der Waals surface area contributed by atoms with Gasteiger partial charge in [0.2, 0.25) is 0 Å². The molecular weight excluding hydrogens is 137 g/mol. The number of methoxy groups -OCH3 is 2. The molecule has 0 radical (unpaired) electrons. The van der Waals surface area contributed by atoms with Gasteiger partial charge in [-0.05, 0) is 0 Å². The number of ether oxygens (including phenoxy) is 2. The van der Waals surface area contributed by atoms with Crippen LogP contribution in [0.4, 0.5) is 0 Å². The van der Waals surface area contributed by atoms with Crippen LogP contribution in [-0.2, 0) is 9.47 Å². The highest BCUT2D eigenvalue weighted by atomic mass is 35.5. The van der Waals surface area contributed by atoms with Crippen molar-refractivity contribution in [3.05, 3.63) is 0 Å². The van der Waals surface area contributed by atoms with E-state index in [1.165, 1.54) is 0 Å². The monoisotopic (exact) mass is 148 g/mol. The van der Waals surface area contributed by atoms with Gasteiger partial charge in [0.1, 0.15) is 15.7 Å². The van der Waals surface area contributed by atoms with Crippen molar-refractivity contribution in [2.45, 2.75) is 11.0 Å². The van der Waals surface area contributed by atoms with Crippen molar-refractivity contribution in [3.63, 3.8) is 0 Å². The van der Waals surface area contributed by atoms with Gasteiger partial charge >= 0.3 is 0 Å². The SMILES string of the molecule is BC(B)(Cl)C(OC)OC. The fourth-order valence-electron chi connectivity index (χ4n) is 0.657. The summed E-state index contributed by atoms with van der Waals surface area (Å²) >= 11 is 5.85. The molecule has 0 aliphatic carbocycles. The van der Waals surface area contributed by atoms with Gasteiger partial charge in [-0.1, -0.05) is 0 Å². The first-order chi connectivity index (χ1) is 4.02. The minimum Gasteiger partial charge on any atom is -0.356 e. The summed E-state index contributed by atoms with van der Waals surface area (Å²) in [6.07, 6.45) is -0.334. The minimum atomic E-state index is -0.455. The smallest absolute Gasteiger partial charge is 0.161 e. The first-order valence-electron chi connectivity index (χ1n) is 2.77. The summed E-state index contributed by atoms with van der Waals surface area (Å²) in [6, 6.07) is 0. The van der Waals surface area contributed by atoms with Crippen molar-refractivity contribution in [2.75, 3.05) is 14.2 Å². The topological polar surface area (TPSA) is 18.5 Å². The predicted molar refractivity (Wildman–Crippen MR) is 43.5 cm³/mol. The summed E-state index contributed by atoms with van der Waals surface area (Å²) < 4.78 is 9.36. The first-order valence-corrected chi connectivity index (χ1v) is 3.14. The lowest BCUT2D eigenvalue weighted by Crippen LogP contribution is -2.40. The van der Waals surface area contributed by atoms with Gasteiger partial charge in [-0.3, -0.25) is 0 Å². The Kier molecular flexibility index (Phi) is 3.63. The van der Waals surface area contributed by atoms with E-state index in [4.69, 9.17) is 21.1 Å². The van der Waals surface area contributed by atoms with E-state index in [2.05, 4.69) is 0 Å². The maximum absolute atomic E-state index is 5.85. The maximum atomic E-state index is 5.85. The molecule has 0 aromatic rings. The molecule has 0 unspecified atom stereocenters. The minimum absolute atomic E-state index is 0.334. The normalized spacial score (nSPS) is 12.4. The molecule has 0 spiro atoms. The van der Waals surface area contributed by atoms with Gasteiger partial charge in [-0.15, -0.1) is 11.6 Å². The Hall–Kier alpha value is 0.340. The molecule has 5 heteroatoms. The Morgan fingerprint density at radius 1 is 1.33 bits per heavy atom. The second-order valence-electron chi connectivity index (χ2n) is 2.37. The van der Waals surface area contributed by atoms with Crippen molar-refractivity contribution < 1.29 is 9.47 Å². The highest BCUT2D eigenvalue weighted by Gasteiger charge is 2.26. The fourth-order valence-corrected chi connectivity index (χ4v) is 0.835. The van der Waals surface area contributed by atoms with Gasteiger partial charge in [0.15, 0.2) is 6.29 Å². The van der Waals surface area contributed by atoms with Crippen molar-refractivity contribution in [3.8, 4) is 0 Å². The van der Waals surface area contributed by atoms with E-state index in [1.54, 1.807) is 14.2 Å². The number of hydrogen-bond donors (Lipinski definition) is 0. The molecule has 0 atom stereocenters. The Bertz CT molecular complexity index is 79.1. The zero-order valence-corrected chi connectivity index (χ0v) is 7.03. The highest BCUT2D eigenvalue weighted by molar-refractivity contribution is 6.62. The molecule has 0 amide bonds. The quantitative estimate of drug-likeness (QED) is 0.283.